The van der Waals surface area contributed by atoms with Gasteiger partial charge in [0.25, 0.3) is 0 Å². The van der Waals surface area contributed by atoms with Crippen molar-refractivity contribution in [3.63, 3.8) is 0 Å². The van der Waals surface area contributed by atoms with Gasteiger partial charge >= 0.3 is 0 Å². The first-order chi connectivity index (χ1) is 8.34. The van der Waals surface area contributed by atoms with E-state index in [1.54, 1.807) is 0 Å². The molecule has 0 aliphatic carbocycles. The van der Waals surface area contributed by atoms with Gasteiger partial charge in [-0.15, -0.1) is 0 Å². The zero-order chi connectivity index (χ0) is 14.2. The molecule has 0 fully saturated rings. The van der Waals surface area contributed by atoms with Gasteiger partial charge in [0.2, 0.25) is 0 Å². The van der Waals surface area contributed by atoms with E-state index in [4.69, 9.17) is 0 Å². The molecule has 2 unspecified atom stereocenters. The van der Waals surface area contributed by atoms with Crippen LogP contribution in [0.1, 0.15) is 60.3 Å². The second-order valence-electron chi connectivity index (χ2n) is 6.26. The molecule has 0 rings (SSSR count). The maximum absolute atomic E-state index is 9.60. The lowest BCUT2D eigenvalue weighted by Gasteiger charge is -2.36. The first-order valence-corrected chi connectivity index (χ1v) is 7.43. The minimum absolute atomic E-state index is 0.174. The molecule has 18 heavy (non-hydrogen) atoms. The second kappa shape index (κ2) is 8.89. The van der Waals surface area contributed by atoms with E-state index >= 15 is 0 Å². The molecule has 110 valence electrons. The van der Waals surface area contributed by atoms with Gasteiger partial charge in [-0.1, -0.05) is 33.6 Å². The third kappa shape index (κ3) is 7.34. The number of nitrogens with one attached hydrogen (secondary N) is 1. The van der Waals surface area contributed by atoms with Crippen molar-refractivity contribution in [2.45, 2.75) is 77.9 Å². The van der Waals surface area contributed by atoms with Crippen LogP contribution in [-0.4, -0.2) is 47.8 Å². The zero-order valence-corrected chi connectivity index (χ0v) is 13.3. The molecule has 0 aliphatic rings. The summed E-state index contributed by atoms with van der Waals surface area (Å²) in [5.41, 5.74) is -0.174. The molecule has 0 radical (unpaired) electrons. The summed E-state index contributed by atoms with van der Waals surface area (Å²) in [6.07, 6.45) is 4.82. The molecule has 0 heterocycles. The van der Waals surface area contributed by atoms with Crippen LogP contribution in [0.5, 0.6) is 0 Å². The minimum atomic E-state index is -0.174. The van der Waals surface area contributed by atoms with Gasteiger partial charge in [0.1, 0.15) is 0 Å². The van der Waals surface area contributed by atoms with E-state index in [0.29, 0.717) is 12.1 Å². The fourth-order valence-corrected chi connectivity index (χ4v) is 2.51. The number of aliphatic hydroxyl groups is 1. The smallest absolute Gasteiger partial charge is 0.0611 e. The van der Waals surface area contributed by atoms with E-state index in [9.17, 15) is 5.11 Å². The van der Waals surface area contributed by atoms with Crippen LogP contribution in [0.4, 0.5) is 0 Å². The number of nitrogens with zero attached hydrogens (tertiary/aromatic N) is 1. The van der Waals surface area contributed by atoms with Crippen molar-refractivity contribution < 1.29 is 5.11 Å². The zero-order valence-electron chi connectivity index (χ0n) is 13.3. The highest BCUT2D eigenvalue weighted by molar-refractivity contribution is 4.87. The molecule has 0 bridgehead atoms. The van der Waals surface area contributed by atoms with Crippen LogP contribution >= 0.6 is 0 Å². The van der Waals surface area contributed by atoms with Gasteiger partial charge < -0.3 is 15.3 Å². The van der Waals surface area contributed by atoms with Crippen LogP contribution in [0.25, 0.3) is 0 Å². The molecule has 3 nitrogen and oxygen atoms in total. The Morgan fingerprint density at radius 1 is 1.22 bits per heavy atom. The highest BCUT2D eigenvalue weighted by Gasteiger charge is 2.27. The molecule has 0 aromatic heterocycles. The number of hydrogen-bond donors (Lipinski definition) is 2. The molecule has 0 spiro atoms. The van der Waals surface area contributed by atoms with E-state index in [-0.39, 0.29) is 12.1 Å². The summed E-state index contributed by atoms with van der Waals surface area (Å²) >= 11 is 0. The van der Waals surface area contributed by atoms with Gasteiger partial charge in [-0.3, -0.25) is 0 Å². The van der Waals surface area contributed by atoms with E-state index in [1.807, 2.05) is 0 Å². The van der Waals surface area contributed by atoms with Crippen LogP contribution < -0.4 is 5.32 Å². The van der Waals surface area contributed by atoms with Crippen molar-refractivity contribution in [3.8, 4) is 0 Å². The van der Waals surface area contributed by atoms with Crippen molar-refractivity contribution >= 4 is 0 Å². The lowest BCUT2D eigenvalue weighted by molar-refractivity contribution is 0.119. The summed E-state index contributed by atoms with van der Waals surface area (Å²) in [6.45, 7) is 12.2. The Labute approximate surface area is 114 Å². The van der Waals surface area contributed by atoms with Crippen molar-refractivity contribution in [1.82, 2.24) is 10.2 Å². The van der Waals surface area contributed by atoms with E-state index in [0.717, 1.165) is 13.0 Å². The quantitative estimate of drug-likeness (QED) is 0.591. The van der Waals surface area contributed by atoms with Gasteiger partial charge in [0.15, 0.2) is 0 Å². The van der Waals surface area contributed by atoms with Gasteiger partial charge in [-0.05, 0) is 40.3 Å². The molecule has 0 saturated heterocycles. The van der Waals surface area contributed by atoms with E-state index in [1.165, 1.54) is 19.3 Å². The molecule has 3 heteroatoms. The molecule has 0 aliphatic heterocycles. The standard InChI is InChI=1S/C15H34N2O/c1-7-8-9-10-17(6)14(4)11-15(5,12-18)16-13(2)3/h13-14,16,18H,7-12H2,1-6H3. The normalized spacial score (nSPS) is 17.2. The van der Waals surface area contributed by atoms with Crippen LogP contribution in [-0.2, 0) is 0 Å². The summed E-state index contributed by atoms with van der Waals surface area (Å²) in [6, 6.07) is 0.894. The average Bonchev–Trinajstić information content (AvgIpc) is 2.28. The van der Waals surface area contributed by atoms with Gasteiger partial charge in [0.05, 0.1) is 6.61 Å². The fourth-order valence-electron chi connectivity index (χ4n) is 2.51. The maximum Gasteiger partial charge on any atom is 0.0611 e. The average molecular weight is 258 g/mol. The maximum atomic E-state index is 9.60. The molecule has 2 N–H and O–H groups in total. The Kier molecular flexibility index (Phi) is 8.83. The Bertz CT molecular complexity index is 209. The largest absolute Gasteiger partial charge is 0.394 e. The topological polar surface area (TPSA) is 35.5 Å². The third-order valence-corrected chi connectivity index (χ3v) is 3.60. The second-order valence-corrected chi connectivity index (χ2v) is 6.26. The SMILES string of the molecule is CCCCCN(C)C(C)CC(C)(CO)NC(C)C. The number of hydrogen-bond acceptors (Lipinski definition) is 3. The lowest BCUT2D eigenvalue weighted by Crippen LogP contribution is -2.52. The number of aliphatic hydroxyl groups excluding tert-OH is 1. The van der Waals surface area contributed by atoms with Crippen LogP contribution in [0.15, 0.2) is 0 Å². The first kappa shape index (κ1) is 17.9. The fraction of sp³-hybridized carbons (Fsp3) is 1.00. The highest BCUT2D eigenvalue weighted by Crippen LogP contribution is 2.16. The molecular weight excluding hydrogens is 224 g/mol. The molecule has 0 aromatic carbocycles. The molecule has 0 aromatic rings. The summed E-state index contributed by atoms with van der Waals surface area (Å²) in [7, 11) is 2.19. The Balaban J connectivity index is 4.19. The predicted octanol–water partition coefficient (Wildman–Crippen LogP) is 2.64. The number of unbranched alkanes of at least 4 members (excludes halogenated alkanes) is 2. The molecule has 0 amide bonds. The summed E-state index contributed by atoms with van der Waals surface area (Å²) < 4.78 is 0. The number of rotatable bonds is 10. The van der Waals surface area contributed by atoms with Crippen molar-refractivity contribution in [1.29, 1.82) is 0 Å². The summed E-state index contributed by atoms with van der Waals surface area (Å²) in [4.78, 5) is 2.41. The van der Waals surface area contributed by atoms with Crippen LogP contribution in [0.2, 0.25) is 0 Å². The van der Waals surface area contributed by atoms with Crippen molar-refractivity contribution in [2.75, 3.05) is 20.2 Å². The predicted molar refractivity (Wildman–Crippen MR) is 80.0 cm³/mol. The Morgan fingerprint density at radius 2 is 1.83 bits per heavy atom. The lowest BCUT2D eigenvalue weighted by atomic mass is 9.93. The Morgan fingerprint density at radius 3 is 2.28 bits per heavy atom. The highest BCUT2D eigenvalue weighted by atomic mass is 16.3. The first-order valence-electron chi connectivity index (χ1n) is 7.43. The third-order valence-electron chi connectivity index (χ3n) is 3.60. The molecule has 2 atom stereocenters. The molecular formula is C15H34N2O. The van der Waals surface area contributed by atoms with Crippen LogP contribution in [0.3, 0.4) is 0 Å². The summed E-state index contributed by atoms with van der Waals surface area (Å²) in [5.74, 6) is 0. The van der Waals surface area contributed by atoms with E-state index < -0.39 is 0 Å². The van der Waals surface area contributed by atoms with Crippen LogP contribution in [0, 0.1) is 0 Å². The monoisotopic (exact) mass is 258 g/mol. The Hall–Kier alpha value is -0.120. The minimum Gasteiger partial charge on any atom is -0.394 e. The van der Waals surface area contributed by atoms with Crippen molar-refractivity contribution in [2.24, 2.45) is 0 Å². The van der Waals surface area contributed by atoms with Gasteiger partial charge in [-0.2, -0.15) is 0 Å². The van der Waals surface area contributed by atoms with Crippen molar-refractivity contribution in [3.05, 3.63) is 0 Å². The van der Waals surface area contributed by atoms with E-state index in [2.05, 4.69) is 51.9 Å². The summed E-state index contributed by atoms with van der Waals surface area (Å²) in [5, 5.41) is 13.1. The van der Waals surface area contributed by atoms with Gasteiger partial charge in [0, 0.05) is 17.6 Å². The molecule has 0 saturated carbocycles. The van der Waals surface area contributed by atoms with Gasteiger partial charge in [-0.25, -0.2) is 0 Å².